The van der Waals surface area contributed by atoms with Crippen molar-refractivity contribution in [1.82, 2.24) is 0 Å². The van der Waals surface area contributed by atoms with E-state index in [4.69, 9.17) is 5.73 Å². The molecule has 1 rings (SSSR count). The van der Waals surface area contributed by atoms with Crippen molar-refractivity contribution in [3.05, 3.63) is 35.9 Å². The molecular formula is C17H33NOSi2. The SMILES string of the molecule is C[Si](C)(C)CC(O)(C[C@H](N)c1ccccc1)C[Si](C)(C)C. The number of aliphatic hydroxyl groups is 1. The summed E-state index contributed by atoms with van der Waals surface area (Å²) in [5.74, 6) is 0. The van der Waals surface area contributed by atoms with Crippen LogP contribution < -0.4 is 5.73 Å². The quantitative estimate of drug-likeness (QED) is 0.727. The molecule has 1 aromatic carbocycles. The highest BCUT2D eigenvalue weighted by molar-refractivity contribution is 6.78. The fourth-order valence-corrected chi connectivity index (χ4v) is 8.15. The molecule has 0 heterocycles. The van der Waals surface area contributed by atoms with Gasteiger partial charge in [0.2, 0.25) is 0 Å². The Bertz CT molecular complexity index is 418. The number of rotatable bonds is 7. The third-order valence-electron chi connectivity index (χ3n) is 3.55. The van der Waals surface area contributed by atoms with Gasteiger partial charge in [-0.3, -0.25) is 0 Å². The van der Waals surface area contributed by atoms with Crippen LogP contribution in [0.25, 0.3) is 0 Å². The van der Waals surface area contributed by atoms with Crippen LogP contribution in [0.2, 0.25) is 51.4 Å². The molecule has 2 nitrogen and oxygen atoms in total. The molecule has 120 valence electrons. The third kappa shape index (κ3) is 7.40. The van der Waals surface area contributed by atoms with E-state index in [9.17, 15) is 5.11 Å². The monoisotopic (exact) mass is 323 g/mol. The first-order valence-corrected chi connectivity index (χ1v) is 15.3. The van der Waals surface area contributed by atoms with Gasteiger partial charge in [-0.25, -0.2) is 0 Å². The second kappa shape index (κ2) is 6.77. The summed E-state index contributed by atoms with van der Waals surface area (Å²) in [7, 11) is -2.69. The van der Waals surface area contributed by atoms with Crippen LogP contribution in [0, 0.1) is 0 Å². The Morgan fingerprint density at radius 3 is 1.76 bits per heavy atom. The van der Waals surface area contributed by atoms with Crippen molar-refractivity contribution in [3.8, 4) is 0 Å². The molecule has 0 fully saturated rings. The molecule has 0 aromatic heterocycles. The summed E-state index contributed by atoms with van der Waals surface area (Å²) in [5, 5.41) is 11.3. The average Bonchev–Trinajstić information content (AvgIpc) is 2.24. The maximum atomic E-state index is 11.3. The van der Waals surface area contributed by atoms with Crippen molar-refractivity contribution in [2.75, 3.05) is 0 Å². The molecule has 0 radical (unpaired) electrons. The van der Waals surface area contributed by atoms with Crippen LogP contribution in [0.5, 0.6) is 0 Å². The molecule has 0 aliphatic heterocycles. The lowest BCUT2D eigenvalue weighted by Crippen LogP contribution is -2.45. The first-order valence-electron chi connectivity index (χ1n) is 7.93. The Morgan fingerprint density at radius 2 is 1.38 bits per heavy atom. The van der Waals surface area contributed by atoms with E-state index in [1.165, 1.54) is 0 Å². The van der Waals surface area contributed by atoms with Gasteiger partial charge in [-0.1, -0.05) is 69.6 Å². The summed E-state index contributed by atoms with van der Waals surface area (Å²) >= 11 is 0. The van der Waals surface area contributed by atoms with E-state index in [1.807, 2.05) is 18.2 Å². The van der Waals surface area contributed by atoms with Crippen LogP contribution in [-0.2, 0) is 0 Å². The summed E-state index contributed by atoms with van der Waals surface area (Å²) in [6, 6.07) is 12.0. The zero-order chi connectivity index (χ0) is 16.3. The molecule has 4 heteroatoms. The molecule has 0 amide bonds. The minimum absolute atomic E-state index is 0.0797. The van der Waals surface area contributed by atoms with Gasteiger partial charge < -0.3 is 10.8 Å². The van der Waals surface area contributed by atoms with E-state index in [0.717, 1.165) is 17.7 Å². The lowest BCUT2D eigenvalue weighted by atomic mass is 9.94. The summed E-state index contributed by atoms with van der Waals surface area (Å²) in [4.78, 5) is 0. The topological polar surface area (TPSA) is 46.2 Å². The number of hydrogen-bond acceptors (Lipinski definition) is 2. The van der Waals surface area contributed by atoms with Crippen LogP contribution in [0.1, 0.15) is 18.0 Å². The van der Waals surface area contributed by atoms with Gasteiger partial charge in [0.15, 0.2) is 0 Å². The summed E-state index contributed by atoms with van der Waals surface area (Å²) in [6.07, 6.45) is 0.672. The van der Waals surface area contributed by atoms with Crippen molar-refractivity contribution in [1.29, 1.82) is 0 Å². The molecule has 0 aliphatic carbocycles. The molecule has 0 bridgehead atoms. The Balaban J connectivity index is 2.91. The van der Waals surface area contributed by atoms with Crippen molar-refractivity contribution < 1.29 is 5.11 Å². The molecule has 0 aliphatic rings. The minimum atomic E-state index is -1.34. The molecule has 3 N–H and O–H groups in total. The van der Waals surface area contributed by atoms with Gasteiger partial charge in [0, 0.05) is 22.2 Å². The molecule has 0 saturated carbocycles. The predicted octanol–water partition coefficient (Wildman–Crippen LogP) is 4.48. The van der Waals surface area contributed by atoms with Crippen molar-refractivity contribution in [2.24, 2.45) is 5.73 Å². The molecule has 1 atom stereocenters. The summed E-state index contributed by atoms with van der Waals surface area (Å²) in [6.45, 7) is 14.0. The first-order chi connectivity index (χ1) is 9.40. The third-order valence-corrected chi connectivity index (χ3v) is 6.98. The van der Waals surface area contributed by atoms with E-state index < -0.39 is 21.7 Å². The van der Waals surface area contributed by atoms with E-state index in [2.05, 4.69) is 51.4 Å². The van der Waals surface area contributed by atoms with Crippen LogP contribution in [0.15, 0.2) is 30.3 Å². The maximum Gasteiger partial charge on any atom is 0.0619 e. The van der Waals surface area contributed by atoms with Gasteiger partial charge in [0.25, 0.3) is 0 Å². The van der Waals surface area contributed by atoms with Gasteiger partial charge >= 0.3 is 0 Å². The minimum Gasteiger partial charge on any atom is -0.390 e. The van der Waals surface area contributed by atoms with E-state index in [1.54, 1.807) is 0 Å². The average molecular weight is 324 g/mol. The predicted molar refractivity (Wildman–Crippen MR) is 99.2 cm³/mol. The number of benzene rings is 1. The van der Waals surface area contributed by atoms with Crippen LogP contribution in [0.4, 0.5) is 0 Å². The van der Waals surface area contributed by atoms with Gasteiger partial charge in [-0.15, -0.1) is 0 Å². The number of nitrogens with two attached hydrogens (primary N) is 1. The highest BCUT2D eigenvalue weighted by atomic mass is 28.3. The van der Waals surface area contributed by atoms with Crippen LogP contribution in [-0.4, -0.2) is 26.9 Å². The normalized spacial score (nSPS) is 15.0. The molecule has 21 heavy (non-hydrogen) atoms. The largest absolute Gasteiger partial charge is 0.390 e. The Morgan fingerprint density at radius 1 is 0.952 bits per heavy atom. The van der Waals surface area contributed by atoms with Crippen LogP contribution >= 0.6 is 0 Å². The Labute approximate surface area is 132 Å². The van der Waals surface area contributed by atoms with E-state index in [0.29, 0.717) is 6.42 Å². The van der Waals surface area contributed by atoms with Gasteiger partial charge in [0.05, 0.1) is 5.60 Å². The zero-order valence-electron chi connectivity index (χ0n) is 14.6. The Hall–Kier alpha value is -0.426. The maximum absolute atomic E-state index is 11.3. The molecule has 0 spiro atoms. The Kier molecular flexibility index (Phi) is 6.01. The van der Waals surface area contributed by atoms with Gasteiger partial charge in [-0.2, -0.15) is 0 Å². The van der Waals surface area contributed by atoms with Crippen molar-refractivity contribution >= 4 is 16.1 Å². The molecule has 0 saturated heterocycles. The fourth-order valence-electron chi connectivity index (χ4n) is 3.41. The number of hydrogen-bond donors (Lipinski definition) is 2. The second-order valence-electron chi connectivity index (χ2n) is 8.92. The van der Waals surface area contributed by atoms with E-state index in [-0.39, 0.29) is 6.04 Å². The zero-order valence-corrected chi connectivity index (χ0v) is 16.6. The van der Waals surface area contributed by atoms with Gasteiger partial charge in [0.1, 0.15) is 0 Å². The highest BCUT2D eigenvalue weighted by Crippen LogP contribution is 2.36. The summed E-state index contributed by atoms with van der Waals surface area (Å²) < 4.78 is 0. The van der Waals surface area contributed by atoms with E-state index >= 15 is 0 Å². The molecule has 0 unspecified atom stereocenters. The van der Waals surface area contributed by atoms with Crippen molar-refractivity contribution in [2.45, 2.75) is 69.4 Å². The van der Waals surface area contributed by atoms with Gasteiger partial charge in [-0.05, 0) is 24.1 Å². The molecule has 1 aromatic rings. The second-order valence-corrected chi connectivity index (χ2v) is 19.9. The first kappa shape index (κ1) is 18.6. The smallest absolute Gasteiger partial charge is 0.0619 e. The standard InChI is InChI=1S/C17H33NOSi2/c1-20(2,3)13-17(19,14-21(4,5)6)12-16(18)15-10-8-7-9-11-15/h7-11,16,19H,12-14,18H2,1-6H3/t16-/m0/s1. The highest BCUT2D eigenvalue weighted by Gasteiger charge is 2.38. The van der Waals surface area contributed by atoms with Crippen molar-refractivity contribution in [3.63, 3.8) is 0 Å². The lowest BCUT2D eigenvalue weighted by molar-refractivity contribution is 0.0607. The molecular weight excluding hydrogens is 290 g/mol. The lowest BCUT2D eigenvalue weighted by Gasteiger charge is -2.39. The summed E-state index contributed by atoms with van der Waals surface area (Å²) in [5.41, 5.74) is 6.91. The van der Waals surface area contributed by atoms with Crippen LogP contribution in [0.3, 0.4) is 0 Å². The fraction of sp³-hybridized carbons (Fsp3) is 0.647.